The predicted molar refractivity (Wildman–Crippen MR) is 104 cm³/mol. The number of amides is 1. The van der Waals surface area contributed by atoms with Crippen molar-refractivity contribution in [2.75, 3.05) is 12.4 Å². The largest absolute Gasteiger partial charge is 0.496 e. The van der Waals surface area contributed by atoms with Crippen LogP contribution in [0.5, 0.6) is 5.75 Å². The number of benzene rings is 1. The maximum absolute atomic E-state index is 14.8. The number of carbonyl (C=O) groups is 1. The second-order valence-electron chi connectivity index (χ2n) is 6.25. The lowest BCUT2D eigenvalue weighted by Gasteiger charge is -2.15. The lowest BCUT2D eigenvalue weighted by atomic mass is 9.98. The number of anilines is 1. The first kappa shape index (κ1) is 23.7. The zero-order chi connectivity index (χ0) is 23.8. The predicted octanol–water partition coefficient (Wildman–Crippen LogP) is 5.62. The molecular weight excluding hydrogens is 486 g/mol. The fourth-order valence-electron chi connectivity index (χ4n) is 2.59. The van der Waals surface area contributed by atoms with E-state index in [0.29, 0.717) is 5.69 Å². The van der Waals surface area contributed by atoms with Crippen LogP contribution in [-0.4, -0.2) is 34.4 Å². The number of alkyl halides is 5. The fourth-order valence-corrected chi connectivity index (χ4v) is 3.48. The van der Waals surface area contributed by atoms with E-state index in [4.69, 9.17) is 16.3 Å². The number of nitrogens with one attached hydrogen (secondary N) is 1. The summed E-state index contributed by atoms with van der Waals surface area (Å²) in [5.74, 6) is -7.11. The van der Waals surface area contributed by atoms with Gasteiger partial charge in [-0.1, -0.05) is 22.9 Å². The first-order chi connectivity index (χ1) is 14.9. The Balaban J connectivity index is 2.02. The minimum Gasteiger partial charge on any atom is -0.496 e. The van der Waals surface area contributed by atoms with E-state index in [1.165, 1.54) is 25.3 Å². The molecule has 0 aliphatic heterocycles. The van der Waals surface area contributed by atoms with Gasteiger partial charge in [0.15, 0.2) is 10.8 Å². The number of pyridine rings is 1. The van der Waals surface area contributed by atoms with Gasteiger partial charge in [-0.15, -0.1) is 10.2 Å². The van der Waals surface area contributed by atoms with Crippen LogP contribution in [0, 0.1) is 12.7 Å². The van der Waals surface area contributed by atoms with Gasteiger partial charge in [-0.05, 0) is 25.1 Å². The molecule has 170 valence electrons. The summed E-state index contributed by atoms with van der Waals surface area (Å²) in [5.41, 5.74) is -0.0233. The van der Waals surface area contributed by atoms with E-state index in [1.807, 2.05) is 0 Å². The Hall–Kier alpha value is -2.93. The van der Waals surface area contributed by atoms with Crippen molar-refractivity contribution in [1.82, 2.24) is 15.2 Å². The highest BCUT2D eigenvalue weighted by Gasteiger charge is 2.61. The van der Waals surface area contributed by atoms with Crippen molar-refractivity contribution < 1.29 is 35.9 Å². The van der Waals surface area contributed by atoms with Gasteiger partial charge in [0.2, 0.25) is 5.13 Å². The zero-order valence-corrected chi connectivity index (χ0v) is 17.6. The molecule has 1 amide bonds. The van der Waals surface area contributed by atoms with Crippen LogP contribution in [0.4, 0.5) is 31.5 Å². The van der Waals surface area contributed by atoms with E-state index in [0.717, 1.165) is 6.20 Å². The lowest BCUT2D eigenvalue weighted by Crippen LogP contribution is -2.33. The average molecular weight is 497 g/mol. The molecule has 0 saturated heterocycles. The molecule has 14 heteroatoms. The molecule has 0 saturated carbocycles. The monoisotopic (exact) mass is 496 g/mol. The van der Waals surface area contributed by atoms with Crippen molar-refractivity contribution in [2.45, 2.75) is 19.0 Å². The van der Waals surface area contributed by atoms with Crippen LogP contribution in [0.15, 0.2) is 24.4 Å². The number of methoxy groups -OCH3 is 1. The maximum Gasteiger partial charge on any atom is 0.460 e. The second-order valence-corrected chi connectivity index (χ2v) is 7.63. The number of nitrogens with zero attached hydrogens (tertiary/aromatic N) is 3. The number of rotatable bonds is 5. The Bertz CT molecular complexity index is 1180. The normalized spacial score (nSPS) is 12.0. The van der Waals surface area contributed by atoms with Gasteiger partial charge in [0.25, 0.3) is 5.91 Å². The first-order valence-electron chi connectivity index (χ1n) is 8.45. The van der Waals surface area contributed by atoms with Gasteiger partial charge in [-0.3, -0.25) is 15.1 Å². The van der Waals surface area contributed by atoms with Crippen molar-refractivity contribution >= 4 is 34.0 Å². The first-order valence-corrected chi connectivity index (χ1v) is 9.65. The highest BCUT2D eigenvalue weighted by atomic mass is 35.5. The molecule has 1 aromatic carbocycles. The van der Waals surface area contributed by atoms with Crippen LogP contribution in [0.3, 0.4) is 0 Å². The van der Waals surface area contributed by atoms with Crippen molar-refractivity contribution in [3.63, 3.8) is 0 Å². The van der Waals surface area contributed by atoms with E-state index in [1.54, 1.807) is 6.92 Å². The quantitative estimate of drug-likeness (QED) is 0.464. The zero-order valence-electron chi connectivity index (χ0n) is 16.0. The van der Waals surface area contributed by atoms with E-state index in [-0.39, 0.29) is 38.8 Å². The number of aromatic nitrogens is 3. The molecule has 0 bridgehead atoms. The summed E-state index contributed by atoms with van der Waals surface area (Å²) in [6, 6.07) is 3.97. The van der Waals surface area contributed by atoms with Gasteiger partial charge in [-0.2, -0.15) is 22.0 Å². The van der Waals surface area contributed by atoms with Crippen LogP contribution < -0.4 is 10.1 Å². The highest BCUT2D eigenvalue weighted by Crippen LogP contribution is 2.45. The number of aryl methyl sites for hydroxylation is 1. The topological polar surface area (TPSA) is 77.0 Å². The van der Waals surface area contributed by atoms with E-state index in [2.05, 4.69) is 20.5 Å². The smallest absolute Gasteiger partial charge is 0.460 e. The number of halogens is 7. The molecule has 0 aliphatic rings. The number of ether oxygens (including phenoxy) is 1. The van der Waals surface area contributed by atoms with Crippen molar-refractivity contribution in [3.05, 3.63) is 51.5 Å². The Morgan fingerprint density at radius 2 is 1.88 bits per heavy atom. The summed E-state index contributed by atoms with van der Waals surface area (Å²) in [6.07, 6.45) is -4.81. The molecule has 0 fully saturated rings. The lowest BCUT2D eigenvalue weighted by molar-refractivity contribution is -0.289. The van der Waals surface area contributed by atoms with Crippen LogP contribution in [-0.2, 0) is 5.92 Å². The van der Waals surface area contributed by atoms with Crippen molar-refractivity contribution in [1.29, 1.82) is 0 Å². The highest BCUT2D eigenvalue weighted by molar-refractivity contribution is 7.15. The summed E-state index contributed by atoms with van der Waals surface area (Å²) < 4.78 is 84.3. The Kier molecular flexibility index (Phi) is 6.33. The molecule has 32 heavy (non-hydrogen) atoms. The third kappa shape index (κ3) is 4.35. The van der Waals surface area contributed by atoms with Crippen LogP contribution in [0.25, 0.3) is 11.1 Å². The summed E-state index contributed by atoms with van der Waals surface area (Å²) in [5, 5.41) is 5.52. The number of carbonyl (C=O) groups excluding carboxylic acids is 1. The molecule has 2 heterocycles. The molecule has 2 aromatic heterocycles. The fraction of sp³-hybridized carbons (Fsp3) is 0.222. The molecule has 0 radical (unpaired) electrons. The minimum atomic E-state index is -5.89. The third-order valence-electron chi connectivity index (χ3n) is 4.10. The molecule has 3 rings (SSSR count). The Morgan fingerprint density at radius 3 is 2.50 bits per heavy atom. The molecule has 1 N–H and O–H groups in total. The SMILES string of the molecule is COc1ccc(Cl)c(F)c1-c1cc(C)ncc1C(=O)Nc1nnc(C(F)(F)C(F)(F)F)s1. The molecule has 0 spiro atoms. The molecule has 0 aliphatic carbocycles. The second kappa shape index (κ2) is 8.54. The van der Waals surface area contributed by atoms with Gasteiger partial charge < -0.3 is 4.74 Å². The minimum absolute atomic E-state index is 0.00258. The van der Waals surface area contributed by atoms with Crippen LogP contribution in [0.2, 0.25) is 5.02 Å². The summed E-state index contributed by atoms with van der Waals surface area (Å²) in [7, 11) is 1.27. The summed E-state index contributed by atoms with van der Waals surface area (Å²) in [4.78, 5) is 16.7. The third-order valence-corrected chi connectivity index (χ3v) is 5.30. The molecule has 6 nitrogen and oxygen atoms in total. The Labute approximate surface area is 185 Å². The van der Waals surface area contributed by atoms with Gasteiger partial charge in [0, 0.05) is 17.5 Å². The van der Waals surface area contributed by atoms with E-state index >= 15 is 0 Å². The molecule has 0 unspecified atom stereocenters. The standard InChI is InChI=1S/C18H11ClF6N4O2S/c1-7-5-8(12-11(31-2)4-3-10(19)13(12)20)9(6-26-7)14(30)27-16-29-28-15(32-16)17(21,22)18(23,24)25/h3-6H,1-2H3,(H,27,29,30). The van der Waals surface area contributed by atoms with Crippen LogP contribution in [0.1, 0.15) is 21.1 Å². The maximum atomic E-state index is 14.8. The van der Waals surface area contributed by atoms with Gasteiger partial charge >= 0.3 is 12.1 Å². The molecule has 0 atom stereocenters. The summed E-state index contributed by atoms with van der Waals surface area (Å²) >= 11 is 5.69. The number of hydrogen-bond acceptors (Lipinski definition) is 6. The summed E-state index contributed by atoms with van der Waals surface area (Å²) in [6.45, 7) is 1.57. The van der Waals surface area contributed by atoms with E-state index < -0.39 is 34.0 Å². The van der Waals surface area contributed by atoms with Gasteiger partial charge in [0.05, 0.1) is 23.3 Å². The van der Waals surface area contributed by atoms with Crippen LogP contribution >= 0.6 is 22.9 Å². The van der Waals surface area contributed by atoms with E-state index in [9.17, 15) is 31.1 Å². The van der Waals surface area contributed by atoms with Crippen molar-refractivity contribution in [2.24, 2.45) is 0 Å². The molecular formula is C18H11ClF6N4O2S. The average Bonchev–Trinajstić information content (AvgIpc) is 3.18. The Morgan fingerprint density at radius 1 is 1.19 bits per heavy atom. The number of hydrogen-bond donors (Lipinski definition) is 1. The van der Waals surface area contributed by atoms with Crippen molar-refractivity contribution in [3.8, 4) is 16.9 Å². The molecule has 3 aromatic rings. The van der Waals surface area contributed by atoms with Gasteiger partial charge in [0.1, 0.15) is 5.75 Å². The van der Waals surface area contributed by atoms with Gasteiger partial charge in [-0.25, -0.2) is 4.39 Å².